The van der Waals surface area contributed by atoms with Gasteiger partial charge in [0.15, 0.2) is 0 Å². The Labute approximate surface area is 79.4 Å². The van der Waals surface area contributed by atoms with E-state index < -0.39 is 0 Å². The first-order valence-electron chi connectivity index (χ1n) is 4.66. The normalized spacial score (nSPS) is 17.4. The Morgan fingerprint density at radius 2 is 1.92 bits per heavy atom. The molecule has 0 amide bonds. The average molecular weight is 183 g/mol. The Bertz CT molecular complexity index is 216. The molecule has 0 saturated carbocycles. The van der Waals surface area contributed by atoms with Crippen molar-refractivity contribution in [2.24, 2.45) is 0 Å². The van der Waals surface area contributed by atoms with Crippen LogP contribution in [-0.2, 0) is 0 Å². The minimum absolute atomic E-state index is 1.12. The first-order chi connectivity index (χ1) is 5.83. The molecule has 0 aliphatic carbocycles. The summed E-state index contributed by atoms with van der Waals surface area (Å²) < 4.78 is 3.35. The fraction of sp³-hybridized carbons (Fsp3) is 0.600. The van der Waals surface area contributed by atoms with E-state index in [1.165, 1.54) is 16.8 Å². The van der Waals surface area contributed by atoms with Crippen LogP contribution in [-0.4, -0.2) is 0 Å². The van der Waals surface area contributed by atoms with Crippen LogP contribution in [0.3, 0.4) is 0 Å². The monoisotopic (exact) mass is 183 g/mol. The van der Waals surface area contributed by atoms with E-state index in [0.717, 1.165) is 19.3 Å². The molecule has 0 radical (unpaired) electrons. The Balaban J connectivity index is 2.89. The summed E-state index contributed by atoms with van der Waals surface area (Å²) in [5.74, 6) is 0. The second kappa shape index (κ2) is 4.61. The number of hydrogen-bond donors (Lipinski definition) is 1. The lowest BCUT2D eigenvalue weighted by molar-refractivity contribution is 0.913. The Morgan fingerprint density at radius 1 is 1.17 bits per heavy atom. The second-order valence-corrected chi connectivity index (χ2v) is 3.56. The zero-order valence-electron chi connectivity index (χ0n) is 8.11. The van der Waals surface area contributed by atoms with Crippen molar-refractivity contribution in [2.75, 3.05) is 0 Å². The van der Waals surface area contributed by atoms with Gasteiger partial charge in [-0.1, -0.05) is 20.8 Å². The van der Waals surface area contributed by atoms with E-state index in [0.29, 0.717) is 0 Å². The molecule has 1 rings (SSSR count). The summed E-state index contributed by atoms with van der Waals surface area (Å²) >= 11 is 1.71. The van der Waals surface area contributed by atoms with Crippen LogP contribution in [0, 0.1) is 0 Å². The van der Waals surface area contributed by atoms with Crippen LogP contribution in [0.25, 0.3) is 0 Å². The SMILES string of the molecule is CCC1=CSNC(CC)=C1CC. The van der Waals surface area contributed by atoms with Gasteiger partial charge in [-0.25, -0.2) is 0 Å². The van der Waals surface area contributed by atoms with E-state index >= 15 is 0 Å². The summed E-state index contributed by atoms with van der Waals surface area (Å²) in [6, 6.07) is 0. The van der Waals surface area contributed by atoms with E-state index in [-0.39, 0.29) is 0 Å². The molecule has 2 heteroatoms. The summed E-state index contributed by atoms with van der Waals surface area (Å²) in [6.07, 6.45) is 3.42. The van der Waals surface area contributed by atoms with Crippen LogP contribution in [0.5, 0.6) is 0 Å². The molecule has 0 aromatic carbocycles. The molecule has 0 saturated heterocycles. The van der Waals surface area contributed by atoms with Gasteiger partial charge in [-0.15, -0.1) is 0 Å². The van der Waals surface area contributed by atoms with Crippen molar-refractivity contribution in [1.82, 2.24) is 4.72 Å². The molecule has 12 heavy (non-hydrogen) atoms. The maximum atomic E-state index is 3.35. The molecule has 0 aromatic heterocycles. The summed E-state index contributed by atoms with van der Waals surface area (Å²) in [5, 5.41) is 2.23. The molecule has 0 bridgehead atoms. The van der Waals surface area contributed by atoms with Gasteiger partial charge in [0.25, 0.3) is 0 Å². The van der Waals surface area contributed by atoms with E-state index in [1.807, 2.05) is 0 Å². The molecule has 1 N–H and O–H groups in total. The topological polar surface area (TPSA) is 12.0 Å². The zero-order valence-corrected chi connectivity index (χ0v) is 8.92. The molecule has 0 fully saturated rings. The maximum absolute atomic E-state index is 3.35. The Hall–Kier alpha value is -0.370. The van der Waals surface area contributed by atoms with E-state index in [9.17, 15) is 0 Å². The molecule has 0 unspecified atom stereocenters. The van der Waals surface area contributed by atoms with Crippen molar-refractivity contribution >= 4 is 11.9 Å². The average Bonchev–Trinajstić information content (AvgIpc) is 2.16. The molecule has 1 heterocycles. The van der Waals surface area contributed by atoms with Gasteiger partial charge in [0.05, 0.1) is 0 Å². The minimum atomic E-state index is 1.12. The molecule has 1 aliphatic rings. The highest BCUT2D eigenvalue weighted by atomic mass is 32.2. The molecule has 0 atom stereocenters. The predicted octanol–water partition coefficient (Wildman–Crippen LogP) is 3.61. The number of nitrogens with one attached hydrogen (secondary N) is 1. The zero-order chi connectivity index (χ0) is 8.97. The quantitative estimate of drug-likeness (QED) is 0.671. The van der Waals surface area contributed by atoms with Crippen LogP contribution < -0.4 is 4.72 Å². The first-order valence-corrected chi connectivity index (χ1v) is 5.54. The Morgan fingerprint density at radius 3 is 2.42 bits per heavy atom. The highest BCUT2D eigenvalue weighted by Gasteiger charge is 2.11. The summed E-state index contributed by atoms with van der Waals surface area (Å²) in [6.45, 7) is 6.66. The molecular weight excluding hydrogens is 166 g/mol. The van der Waals surface area contributed by atoms with Gasteiger partial charge < -0.3 is 4.72 Å². The van der Waals surface area contributed by atoms with Crippen molar-refractivity contribution in [2.45, 2.75) is 40.0 Å². The second-order valence-electron chi connectivity index (χ2n) is 2.88. The van der Waals surface area contributed by atoms with Crippen LogP contribution in [0.2, 0.25) is 0 Å². The third-order valence-electron chi connectivity index (χ3n) is 2.22. The summed E-state index contributed by atoms with van der Waals surface area (Å²) in [7, 11) is 0. The number of allylic oxidation sites excluding steroid dienone is 3. The first kappa shape index (κ1) is 9.72. The van der Waals surface area contributed by atoms with E-state index in [1.54, 1.807) is 11.9 Å². The summed E-state index contributed by atoms with van der Waals surface area (Å²) in [5.41, 5.74) is 4.46. The van der Waals surface area contributed by atoms with E-state index in [4.69, 9.17) is 0 Å². The van der Waals surface area contributed by atoms with Gasteiger partial charge in [0, 0.05) is 5.70 Å². The third kappa shape index (κ3) is 1.86. The molecular formula is C10H17NS. The highest BCUT2D eigenvalue weighted by Crippen LogP contribution is 2.29. The lowest BCUT2D eigenvalue weighted by Crippen LogP contribution is -2.10. The van der Waals surface area contributed by atoms with Crippen molar-refractivity contribution in [3.05, 3.63) is 22.3 Å². The minimum Gasteiger partial charge on any atom is -0.330 e. The fourth-order valence-electron chi connectivity index (χ4n) is 1.52. The maximum Gasteiger partial charge on any atom is 0.0246 e. The Kier molecular flexibility index (Phi) is 3.73. The third-order valence-corrected chi connectivity index (χ3v) is 2.99. The van der Waals surface area contributed by atoms with Crippen LogP contribution in [0.15, 0.2) is 22.3 Å². The predicted molar refractivity (Wildman–Crippen MR) is 56.7 cm³/mol. The van der Waals surface area contributed by atoms with E-state index in [2.05, 4.69) is 30.9 Å². The highest BCUT2D eigenvalue weighted by molar-refractivity contribution is 8.00. The van der Waals surface area contributed by atoms with Crippen LogP contribution >= 0.6 is 11.9 Å². The van der Waals surface area contributed by atoms with Gasteiger partial charge in [-0.3, -0.25) is 0 Å². The van der Waals surface area contributed by atoms with Gasteiger partial charge in [-0.05, 0) is 47.8 Å². The largest absolute Gasteiger partial charge is 0.330 e. The van der Waals surface area contributed by atoms with Gasteiger partial charge in [-0.2, -0.15) is 0 Å². The smallest absolute Gasteiger partial charge is 0.0246 e. The van der Waals surface area contributed by atoms with Crippen molar-refractivity contribution < 1.29 is 0 Å². The van der Waals surface area contributed by atoms with Crippen molar-refractivity contribution in [1.29, 1.82) is 0 Å². The number of rotatable bonds is 3. The number of hydrogen-bond acceptors (Lipinski definition) is 2. The van der Waals surface area contributed by atoms with Crippen LogP contribution in [0.4, 0.5) is 0 Å². The van der Waals surface area contributed by atoms with Gasteiger partial charge >= 0.3 is 0 Å². The van der Waals surface area contributed by atoms with Gasteiger partial charge in [0.1, 0.15) is 0 Å². The van der Waals surface area contributed by atoms with Crippen molar-refractivity contribution in [3.8, 4) is 0 Å². The lowest BCUT2D eigenvalue weighted by atomic mass is 9.99. The molecule has 1 aliphatic heterocycles. The molecule has 0 aromatic rings. The standard InChI is InChI=1S/C10H17NS/c1-4-8-7-12-11-10(6-3)9(8)5-2/h7,11H,4-6H2,1-3H3. The van der Waals surface area contributed by atoms with Crippen molar-refractivity contribution in [3.63, 3.8) is 0 Å². The summed E-state index contributed by atoms with van der Waals surface area (Å²) in [4.78, 5) is 0. The fourth-order valence-corrected chi connectivity index (χ4v) is 2.44. The molecule has 0 spiro atoms. The van der Waals surface area contributed by atoms with Gasteiger partial charge in [0.2, 0.25) is 0 Å². The molecule has 1 nitrogen and oxygen atoms in total. The lowest BCUT2D eigenvalue weighted by Gasteiger charge is -2.20. The van der Waals surface area contributed by atoms with Crippen LogP contribution in [0.1, 0.15) is 40.0 Å². The molecule has 68 valence electrons.